The predicted molar refractivity (Wildman–Crippen MR) is 73.5 cm³/mol. The Bertz CT molecular complexity index is 435. The first-order valence-electron chi connectivity index (χ1n) is 6.76. The topological polar surface area (TPSA) is 58.2 Å². The molecule has 1 heterocycles. The molecular weight excluding hydrogens is 240 g/mol. The Morgan fingerprint density at radius 1 is 1.42 bits per heavy atom. The van der Waals surface area contributed by atoms with Crippen LogP contribution in [0.4, 0.5) is 0 Å². The van der Waals surface area contributed by atoms with E-state index in [2.05, 4.69) is 22.8 Å². The number of rotatable bonds is 4. The lowest BCUT2D eigenvalue weighted by atomic mass is 9.97. The Morgan fingerprint density at radius 2 is 2.16 bits per heavy atom. The molecule has 1 aliphatic rings. The lowest BCUT2D eigenvalue weighted by Gasteiger charge is -2.23. The Morgan fingerprint density at radius 3 is 2.79 bits per heavy atom. The number of piperidine rings is 1. The zero-order valence-electron chi connectivity index (χ0n) is 11.2. The van der Waals surface area contributed by atoms with E-state index in [1.54, 1.807) is 0 Å². The van der Waals surface area contributed by atoms with E-state index < -0.39 is 0 Å². The van der Waals surface area contributed by atoms with Gasteiger partial charge in [0.2, 0.25) is 11.8 Å². The summed E-state index contributed by atoms with van der Waals surface area (Å²) in [5, 5.41) is 5.76. The highest BCUT2D eigenvalue weighted by atomic mass is 16.2. The molecule has 0 aliphatic carbocycles. The largest absolute Gasteiger partial charge is 0.355 e. The second-order valence-electron chi connectivity index (χ2n) is 5.14. The fourth-order valence-corrected chi connectivity index (χ4v) is 2.34. The van der Waals surface area contributed by atoms with E-state index in [0.29, 0.717) is 19.4 Å². The van der Waals surface area contributed by atoms with Crippen LogP contribution in [0.5, 0.6) is 0 Å². The molecular formula is C15H20N2O2. The summed E-state index contributed by atoms with van der Waals surface area (Å²) in [5.41, 5.74) is 1.22. The summed E-state index contributed by atoms with van der Waals surface area (Å²) in [6, 6.07) is 10.2. The van der Waals surface area contributed by atoms with Crippen LogP contribution in [-0.2, 0) is 16.0 Å². The number of carbonyl (C=O) groups excluding carboxylic acids is 2. The van der Waals surface area contributed by atoms with Crippen molar-refractivity contribution in [1.29, 1.82) is 0 Å². The molecule has 2 atom stereocenters. The Balaban J connectivity index is 1.80. The van der Waals surface area contributed by atoms with Gasteiger partial charge >= 0.3 is 0 Å². The lowest BCUT2D eigenvalue weighted by molar-refractivity contribution is -0.129. The second-order valence-corrected chi connectivity index (χ2v) is 5.14. The highest BCUT2D eigenvalue weighted by Gasteiger charge is 2.25. The van der Waals surface area contributed by atoms with E-state index in [1.165, 1.54) is 5.56 Å². The van der Waals surface area contributed by atoms with Crippen LogP contribution in [0.3, 0.4) is 0 Å². The normalized spacial score (nSPS) is 20.5. The van der Waals surface area contributed by atoms with Crippen molar-refractivity contribution in [2.75, 3.05) is 6.54 Å². The Labute approximate surface area is 113 Å². The van der Waals surface area contributed by atoms with Gasteiger partial charge < -0.3 is 10.6 Å². The standard InChI is InChI=1S/C15H20N2O2/c1-11(9-12-5-3-2-4-6-12)17-15(19)13-7-8-14(18)16-10-13/h2-6,11,13H,7-10H2,1H3,(H,16,18)(H,17,19). The van der Waals surface area contributed by atoms with Gasteiger partial charge in [0, 0.05) is 19.0 Å². The van der Waals surface area contributed by atoms with Crippen molar-refractivity contribution in [3.63, 3.8) is 0 Å². The minimum Gasteiger partial charge on any atom is -0.355 e. The van der Waals surface area contributed by atoms with Gasteiger partial charge in [-0.25, -0.2) is 0 Å². The van der Waals surface area contributed by atoms with Crippen molar-refractivity contribution in [1.82, 2.24) is 10.6 Å². The van der Waals surface area contributed by atoms with Crippen molar-refractivity contribution in [2.24, 2.45) is 5.92 Å². The molecule has 1 fully saturated rings. The number of benzene rings is 1. The third-order valence-corrected chi connectivity index (χ3v) is 3.41. The molecule has 1 aromatic carbocycles. The first-order valence-corrected chi connectivity index (χ1v) is 6.76. The lowest BCUT2D eigenvalue weighted by Crippen LogP contribution is -2.45. The fraction of sp³-hybridized carbons (Fsp3) is 0.467. The monoisotopic (exact) mass is 260 g/mol. The highest BCUT2D eigenvalue weighted by Crippen LogP contribution is 2.11. The maximum absolute atomic E-state index is 12.0. The first-order chi connectivity index (χ1) is 9.15. The summed E-state index contributed by atoms with van der Waals surface area (Å²) >= 11 is 0. The van der Waals surface area contributed by atoms with Gasteiger partial charge in [0.05, 0.1) is 5.92 Å². The third kappa shape index (κ3) is 4.09. The van der Waals surface area contributed by atoms with Crippen LogP contribution in [0.2, 0.25) is 0 Å². The summed E-state index contributed by atoms with van der Waals surface area (Å²) in [4.78, 5) is 23.1. The maximum Gasteiger partial charge on any atom is 0.225 e. The number of carbonyl (C=O) groups is 2. The zero-order chi connectivity index (χ0) is 13.7. The van der Waals surface area contributed by atoms with E-state index in [9.17, 15) is 9.59 Å². The molecule has 1 aromatic rings. The van der Waals surface area contributed by atoms with Crippen LogP contribution >= 0.6 is 0 Å². The van der Waals surface area contributed by atoms with Crippen molar-refractivity contribution >= 4 is 11.8 Å². The molecule has 4 nitrogen and oxygen atoms in total. The molecule has 0 radical (unpaired) electrons. The maximum atomic E-state index is 12.0. The smallest absolute Gasteiger partial charge is 0.225 e. The average Bonchev–Trinajstić information content (AvgIpc) is 2.40. The van der Waals surface area contributed by atoms with E-state index in [1.807, 2.05) is 25.1 Å². The molecule has 0 bridgehead atoms. The molecule has 1 saturated heterocycles. The molecule has 2 amide bonds. The number of hydrogen-bond acceptors (Lipinski definition) is 2. The summed E-state index contributed by atoms with van der Waals surface area (Å²) in [7, 11) is 0. The summed E-state index contributed by atoms with van der Waals surface area (Å²) in [6.45, 7) is 2.47. The predicted octanol–water partition coefficient (Wildman–Crippen LogP) is 1.26. The first kappa shape index (κ1) is 13.6. The number of amides is 2. The van der Waals surface area contributed by atoms with Gasteiger partial charge in [-0.1, -0.05) is 30.3 Å². The molecule has 19 heavy (non-hydrogen) atoms. The van der Waals surface area contributed by atoms with Gasteiger partial charge in [0.1, 0.15) is 0 Å². The number of nitrogens with one attached hydrogen (secondary N) is 2. The van der Waals surface area contributed by atoms with E-state index in [-0.39, 0.29) is 23.8 Å². The molecule has 0 saturated carbocycles. The van der Waals surface area contributed by atoms with Gasteiger partial charge in [-0.05, 0) is 25.3 Å². The minimum absolute atomic E-state index is 0.0429. The number of hydrogen-bond donors (Lipinski definition) is 2. The molecule has 2 unspecified atom stereocenters. The average molecular weight is 260 g/mol. The van der Waals surface area contributed by atoms with Gasteiger partial charge in [0.15, 0.2) is 0 Å². The Kier molecular flexibility index (Phi) is 4.55. The van der Waals surface area contributed by atoms with Crippen LogP contribution in [0, 0.1) is 5.92 Å². The van der Waals surface area contributed by atoms with Crippen LogP contribution in [0.25, 0.3) is 0 Å². The van der Waals surface area contributed by atoms with Crippen LogP contribution in [0.1, 0.15) is 25.3 Å². The highest BCUT2D eigenvalue weighted by molar-refractivity contribution is 5.83. The molecule has 2 rings (SSSR count). The van der Waals surface area contributed by atoms with Crippen molar-refractivity contribution in [3.05, 3.63) is 35.9 Å². The Hall–Kier alpha value is -1.84. The van der Waals surface area contributed by atoms with Crippen LogP contribution < -0.4 is 10.6 Å². The van der Waals surface area contributed by atoms with E-state index >= 15 is 0 Å². The second kappa shape index (κ2) is 6.36. The van der Waals surface area contributed by atoms with Crippen LogP contribution in [-0.4, -0.2) is 24.4 Å². The van der Waals surface area contributed by atoms with E-state index in [0.717, 1.165) is 6.42 Å². The van der Waals surface area contributed by atoms with Crippen molar-refractivity contribution in [2.45, 2.75) is 32.2 Å². The van der Waals surface area contributed by atoms with Gasteiger partial charge in [-0.15, -0.1) is 0 Å². The van der Waals surface area contributed by atoms with Gasteiger partial charge in [-0.2, -0.15) is 0 Å². The fourth-order valence-electron chi connectivity index (χ4n) is 2.34. The SMILES string of the molecule is CC(Cc1ccccc1)NC(=O)C1CCC(=O)NC1. The summed E-state index contributed by atoms with van der Waals surface area (Å²) in [5.74, 6) is 0.000684. The third-order valence-electron chi connectivity index (χ3n) is 3.41. The van der Waals surface area contributed by atoms with Crippen LogP contribution in [0.15, 0.2) is 30.3 Å². The van der Waals surface area contributed by atoms with Gasteiger partial charge in [-0.3, -0.25) is 9.59 Å². The van der Waals surface area contributed by atoms with Gasteiger partial charge in [0.25, 0.3) is 0 Å². The van der Waals surface area contributed by atoms with Crippen molar-refractivity contribution < 1.29 is 9.59 Å². The quantitative estimate of drug-likeness (QED) is 0.856. The zero-order valence-corrected chi connectivity index (χ0v) is 11.2. The summed E-state index contributed by atoms with van der Waals surface area (Å²) < 4.78 is 0. The molecule has 0 aromatic heterocycles. The molecule has 1 aliphatic heterocycles. The summed E-state index contributed by atoms with van der Waals surface area (Å²) in [6.07, 6.45) is 1.92. The van der Waals surface area contributed by atoms with Crippen molar-refractivity contribution in [3.8, 4) is 0 Å². The molecule has 0 spiro atoms. The minimum atomic E-state index is -0.0871. The van der Waals surface area contributed by atoms with E-state index in [4.69, 9.17) is 0 Å². The molecule has 102 valence electrons. The molecule has 4 heteroatoms. The molecule has 2 N–H and O–H groups in total.